The van der Waals surface area contributed by atoms with Crippen molar-refractivity contribution in [3.63, 3.8) is 0 Å². The molecule has 0 bridgehead atoms. The van der Waals surface area contributed by atoms with E-state index in [-0.39, 0.29) is 17.7 Å². The predicted octanol–water partition coefficient (Wildman–Crippen LogP) is 2.80. The summed E-state index contributed by atoms with van der Waals surface area (Å²) >= 11 is 0. The number of pyridine rings is 1. The van der Waals surface area contributed by atoms with E-state index < -0.39 is 11.6 Å². The van der Waals surface area contributed by atoms with Gasteiger partial charge in [0.1, 0.15) is 0 Å². The van der Waals surface area contributed by atoms with E-state index in [4.69, 9.17) is 4.74 Å². The number of halogens is 2. The highest BCUT2D eigenvalue weighted by molar-refractivity contribution is 5.49. The van der Waals surface area contributed by atoms with Crippen LogP contribution in [0.4, 0.5) is 20.4 Å². The van der Waals surface area contributed by atoms with Crippen molar-refractivity contribution in [2.45, 2.75) is 32.8 Å². The Hall–Kier alpha value is -1.43. The summed E-state index contributed by atoms with van der Waals surface area (Å²) in [6.45, 7) is 6.39. The van der Waals surface area contributed by atoms with Crippen molar-refractivity contribution in [2.24, 2.45) is 0 Å². The van der Waals surface area contributed by atoms with E-state index in [2.05, 4.69) is 10.3 Å². The zero-order chi connectivity index (χ0) is 14.5. The minimum absolute atomic E-state index is 0.107. The molecule has 112 valence electrons. The second kappa shape index (κ2) is 6.83. The van der Waals surface area contributed by atoms with Crippen LogP contribution in [0.3, 0.4) is 0 Å². The van der Waals surface area contributed by atoms with Crippen LogP contribution in [0.5, 0.6) is 0 Å². The van der Waals surface area contributed by atoms with Crippen LogP contribution >= 0.6 is 0 Å². The molecule has 20 heavy (non-hydrogen) atoms. The second-order valence-corrected chi connectivity index (χ2v) is 4.80. The molecule has 0 radical (unpaired) electrons. The standard InChI is InChI=1S/C14H21F2N3O/c1-3-17-13-11(15)9-12(16)14(18-13)19-7-5-10(6-8-19)20-4-2/h9-10H,3-8H2,1-2H3,(H,17,18). The molecule has 1 aromatic rings. The lowest BCUT2D eigenvalue weighted by Gasteiger charge is -2.32. The van der Waals surface area contributed by atoms with Gasteiger partial charge in [-0.05, 0) is 26.7 Å². The lowest BCUT2D eigenvalue weighted by molar-refractivity contribution is 0.0457. The maximum absolute atomic E-state index is 13.9. The van der Waals surface area contributed by atoms with Gasteiger partial charge in [0.2, 0.25) is 0 Å². The van der Waals surface area contributed by atoms with Gasteiger partial charge in [-0.15, -0.1) is 0 Å². The molecule has 0 aromatic carbocycles. The molecule has 1 aliphatic rings. The van der Waals surface area contributed by atoms with Crippen molar-refractivity contribution >= 4 is 11.6 Å². The van der Waals surface area contributed by atoms with Gasteiger partial charge in [-0.1, -0.05) is 0 Å². The molecule has 6 heteroatoms. The predicted molar refractivity (Wildman–Crippen MR) is 75.2 cm³/mol. The third-order valence-electron chi connectivity index (χ3n) is 3.40. The normalized spacial score (nSPS) is 16.5. The van der Waals surface area contributed by atoms with E-state index in [1.165, 1.54) is 0 Å². The summed E-state index contributed by atoms with van der Waals surface area (Å²) in [6.07, 6.45) is 1.90. The number of hydrogen-bond acceptors (Lipinski definition) is 4. The number of aromatic nitrogens is 1. The summed E-state index contributed by atoms with van der Waals surface area (Å²) in [4.78, 5) is 5.93. The van der Waals surface area contributed by atoms with Crippen LogP contribution in [0.2, 0.25) is 0 Å². The van der Waals surface area contributed by atoms with Gasteiger partial charge in [-0.2, -0.15) is 0 Å². The fourth-order valence-electron chi connectivity index (χ4n) is 2.44. The molecule has 0 saturated carbocycles. The Bertz CT molecular complexity index is 448. The second-order valence-electron chi connectivity index (χ2n) is 4.80. The van der Waals surface area contributed by atoms with E-state index in [1.807, 2.05) is 18.7 Å². The average Bonchev–Trinajstić information content (AvgIpc) is 2.43. The van der Waals surface area contributed by atoms with E-state index in [0.717, 1.165) is 18.9 Å². The Balaban J connectivity index is 2.11. The van der Waals surface area contributed by atoms with Crippen LogP contribution < -0.4 is 10.2 Å². The molecule has 1 aromatic heterocycles. The highest BCUT2D eigenvalue weighted by Crippen LogP contribution is 2.25. The molecule has 0 unspecified atom stereocenters. The Morgan fingerprint density at radius 2 is 2.00 bits per heavy atom. The van der Waals surface area contributed by atoms with Crippen molar-refractivity contribution < 1.29 is 13.5 Å². The minimum atomic E-state index is -0.655. The fourth-order valence-corrected chi connectivity index (χ4v) is 2.44. The molecule has 1 N–H and O–H groups in total. The third-order valence-corrected chi connectivity index (χ3v) is 3.40. The molecule has 1 fully saturated rings. The Morgan fingerprint density at radius 3 is 2.60 bits per heavy atom. The van der Waals surface area contributed by atoms with E-state index in [0.29, 0.717) is 26.2 Å². The zero-order valence-corrected chi connectivity index (χ0v) is 12.0. The van der Waals surface area contributed by atoms with Crippen LogP contribution in [-0.2, 0) is 4.74 Å². The number of piperidine rings is 1. The summed E-state index contributed by atoms with van der Waals surface area (Å²) in [7, 11) is 0. The summed E-state index contributed by atoms with van der Waals surface area (Å²) in [6, 6.07) is 0.898. The summed E-state index contributed by atoms with van der Waals surface area (Å²) in [5.74, 6) is -0.940. The molecule has 2 rings (SSSR count). The number of hydrogen-bond donors (Lipinski definition) is 1. The summed E-state index contributed by atoms with van der Waals surface area (Å²) in [5, 5.41) is 2.81. The Morgan fingerprint density at radius 1 is 1.30 bits per heavy atom. The van der Waals surface area contributed by atoms with E-state index in [1.54, 1.807) is 0 Å². The molecule has 1 saturated heterocycles. The number of ether oxygens (including phenoxy) is 1. The first-order chi connectivity index (χ1) is 9.65. The van der Waals surface area contributed by atoms with E-state index in [9.17, 15) is 8.78 Å². The molecule has 0 spiro atoms. The third kappa shape index (κ3) is 3.36. The molecule has 4 nitrogen and oxygen atoms in total. The SMILES string of the molecule is CCNc1nc(N2CCC(OCC)CC2)c(F)cc1F. The molecule has 2 heterocycles. The summed E-state index contributed by atoms with van der Waals surface area (Å²) in [5.41, 5.74) is 0. The van der Waals surface area contributed by atoms with Crippen molar-refractivity contribution in [3.05, 3.63) is 17.7 Å². The van der Waals surface area contributed by atoms with Crippen molar-refractivity contribution in [1.82, 2.24) is 4.98 Å². The number of nitrogens with one attached hydrogen (secondary N) is 1. The van der Waals surface area contributed by atoms with Crippen LogP contribution in [0.15, 0.2) is 6.07 Å². The molecule has 1 aliphatic heterocycles. The first-order valence-electron chi connectivity index (χ1n) is 7.12. The first-order valence-corrected chi connectivity index (χ1v) is 7.12. The summed E-state index contributed by atoms with van der Waals surface area (Å²) < 4.78 is 33.0. The van der Waals surface area contributed by atoms with Gasteiger partial charge in [-0.25, -0.2) is 13.8 Å². The zero-order valence-electron chi connectivity index (χ0n) is 12.0. The first kappa shape index (κ1) is 15.0. The highest BCUT2D eigenvalue weighted by atomic mass is 19.1. The average molecular weight is 285 g/mol. The van der Waals surface area contributed by atoms with Crippen LogP contribution in [0.1, 0.15) is 26.7 Å². The van der Waals surface area contributed by atoms with E-state index >= 15 is 0 Å². The van der Waals surface area contributed by atoms with Gasteiger partial charge < -0.3 is 15.0 Å². The lowest BCUT2D eigenvalue weighted by Crippen LogP contribution is -2.38. The van der Waals surface area contributed by atoms with Crippen molar-refractivity contribution in [1.29, 1.82) is 0 Å². The molecular weight excluding hydrogens is 264 g/mol. The molecule has 0 atom stereocenters. The van der Waals surface area contributed by atoms with Gasteiger partial charge in [0.05, 0.1) is 6.10 Å². The van der Waals surface area contributed by atoms with Crippen LogP contribution in [0, 0.1) is 11.6 Å². The molecule has 0 amide bonds. The van der Waals surface area contributed by atoms with Gasteiger partial charge in [0, 0.05) is 32.3 Å². The Labute approximate surface area is 118 Å². The van der Waals surface area contributed by atoms with Crippen molar-refractivity contribution in [2.75, 3.05) is 36.5 Å². The number of rotatable bonds is 5. The van der Waals surface area contributed by atoms with Gasteiger partial charge in [-0.3, -0.25) is 0 Å². The largest absolute Gasteiger partial charge is 0.378 e. The highest BCUT2D eigenvalue weighted by Gasteiger charge is 2.23. The van der Waals surface area contributed by atoms with Crippen LogP contribution in [-0.4, -0.2) is 37.3 Å². The van der Waals surface area contributed by atoms with Gasteiger partial charge >= 0.3 is 0 Å². The topological polar surface area (TPSA) is 37.4 Å². The quantitative estimate of drug-likeness (QED) is 0.902. The lowest BCUT2D eigenvalue weighted by atomic mass is 10.1. The molecule has 0 aliphatic carbocycles. The van der Waals surface area contributed by atoms with Gasteiger partial charge in [0.15, 0.2) is 23.3 Å². The van der Waals surface area contributed by atoms with Crippen LogP contribution in [0.25, 0.3) is 0 Å². The fraction of sp³-hybridized carbons (Fsp3) is 0.643. The van der Waals surface area contributed by atoms with Crippen molar-refractivity contribution in [3.8, 4) is 0 Å². The smallest absolute Gasteiger partial charge is 0.168 e. The molecular formula is C14H21F2N3O. The number of nitrogens with zero attached hydrogens (tertiary/aromatic N) is 2. The maximum Gasteiger partial charge on any atom is 0.168 e. The number of anilines is 2. The Kier molecular flexibility index (Phi) is 5.11. The minimum Gasteiger partial charge on any atom is -0.378 e. The maximum atomic E-state index is 13.9. The monoisotopic (exact) mass is 285 g/mol. The van der Waals surface area contributed by atoms with Gasteiger partial charge in [0.25, 0.3) is 0 Å².